The van der Waals surface area contributed by atoms with Crippen LogP contribution in [-0.4, -0.2) is 11.9 Å². The Bertz CT molecular complexity index is 898. The fourth-order valence-corrected chi connectivity index (χ4v) is 5.19. The van der Waals surface area contributed by atoms with E-state index in [4.69, 9.17) is 20.9 Å². The van der Waals surface area contributed by atoms with Crippen LogP contribution < -0.4 is 21.4 Å². The molecule has 0 spiro atoms. The molecule has 3 heterocycles. The van der Waals surface area contributed by atoms with Crippen LogP contribution in [0, 0.1) is 5.92 Å². The number of anilines is 1. The van der Waals surface area contributed by atoms with Crippen LogP contribution in [0.15, 0.2) is 27.8 Å². The van der Waals surface area contributed by atoms with Gasteiger partial charge in [0.2, 0.25) is 0 Å². The van der Waals surface area contributed by atoms with Crippen molar-refractivity contribution >= 4 is 28.5 Å². The number of furan rings is 1. The molecule has 0 bridgehead atoms. The molecule has 2 aromatic rings. The number of carbonyl (C=O) groups is 1. The molecule has 6 heteroatoms. The Kier molecular flexibility index (Phi) is 4.37. The zero-order valence-corrected chi connectivity index (χ0v) is 15.0. The summed E-state index contributed by atoms with van der Waals surface area (Å²) < 4.78 is 6.59. The van der Waals surface area contributed by atoms with Gasteiger partial charge in [-0.15, -0.1) is 11.3 Å². The highest BCUT2D eigenvalue weighted by Gasteiger charge is 2.33. The summed E-state index contributed by atoms with van der Waals surface area (Å²) in [6.45, 7) is 0. The summed E-state index contributed by atoms with van der Waals surface area (Å²) in [7, 11) is 0. The molecule has 2 atom stereocenters. The maximum atomic E-state index is 11.8. The summed E-state index contributed by atoms with van der Waals surface area (Å²) in [4.78, 5) is 17.2. The topological polar surface area (TPSA) is 94.6 Å². The van der Waals surface area contributed by atoms with Crippen molar-refractivity contribution < 1.29 is 9.21 Å². The van der Waals surface area contributed by atoms with Crippen molar-refractivity contribution in [1.29, 1.82) is 0 Å². The number of hydrogen-bond acceptors (Lipinski definition) is 5. The van der Waals surface area contributed by atoms with Gasteiger partial charge < -0.3 is 15.9 Å². The Hall–Kier alpha value is -2.08. The quantitative estimate of drug-likeness (QED) is 0.865. The highest BCUT2D eigenvalue weighted by Crippen LogP contribution is 2.36. The zero-order chi connectivity index (χ0) is 17.4. The largest absolute Gasteiger partial charge is 0.465 e. The standard InChI is InChI=1S/C19H23N3O2S/c20-16-15-14(13-9-6-10-24-13)11-7-4-2-1-3-5-8-12(11)22-19(15)25-17(16)18(21)23/h6,9-12H,1-5,7-8,20H2,(H2,21,23)/t11-,12+/m1/s1. The number of thiophene rings is 1. The van der Waals surface area contributed by atoms with Crippen molar-refractivity contribution in [2.45, 2.75) is 51.0 Å². The molecule has 1 aliphatic carbocycles. The van der Waals surface area contributed by atoms with E-state index in [1.165, 1.54) is 43.4 Å². The van der Waals surface area contributed by atoms with Gasteiger partial charge in [-0.25, -0.2) is 0 Å². The van der Waals surface area contributed by atoms with Gasteiger partial charge in [0, 0.05) is 16.7 Å². The number of nitrogens with two attached hydrogens (primary N) is 2. The number of hydrogen-bond donors (Lipinski definition) is 2. The Labute approximate surface area is 150 Å². The molecule has 4 N–H and O–H groups in total. The average molecular weight is 357 g/mol. The number of carbonyl (C=O) groups excluding carboxylic acids is 1. The summed E-state index contributed by atoms with van der Waals surface area (Å²) in [5.74, 6) is 0.639. The van der Waals surface area contributed by atoms with Crippen molar-refractivity contribution in [1.82, 2.24) is 0 Å². The third-order valence-corrected chi connectivity index (χ3v) is 6.47. The first kappa shape index (κ1) is 16.4. The second-order valence-corrected chi connectivity index (χ2v) is 7.93. The molecule has 2 aromatic heterocycles. The van der Waals surface area contributed by atoms with Crippen molar-refractivity contribution in [3.8, 4) is 0 Å². The first-order valence-corrected chi connectivity index (χ1v) is 9.82. The zero-order valence-electron chi connectivity index (χ0n) is 14.2. The van der Waals surface area contributed by atoms with E-state index in [1.54, 1.807) is 6.26 Å². The van der Waals surface area contributed by atoms with E-state index < -0.39 is 5.91 Å². The van der Waals surface area contributed by atoms with E-state index in [2.05, 4.69) is 0 Å². The summed E-state index contributed by atoms with van der Waals surface area (Å²) in [5, 5.41) is 0.870. The minimum atomic E-state index is -0.486. The first-order chi connectivity index (χ1) is 12.2. The Morgan fingerprint density at radius 3 is 2.68 bits per heavy atom. The first-order valence-electron chi connectivity index (χ1n) is 9.01. The molecule has 0 unspecified atom stereocenters. The van der Waals surface area contributed by atoms with Crippen LogP contribution in [0.3, 0.4) is 0 Å². The summed E-state index contributed by atoms with van der Waals surface area (Å²) in [6.07, 6.45) is 10.0. The summed E-state index contributed by atoms with van der Waals surface area (Å²) in [5.41, 5.74) is 13.4. The van der Waals surface area contributed by atoms with Crippen molar-refractivity contribution in [2.75, 3.05) is 5.73 Å². The Morgan fingerprint density at radius 2 is 1.96 bits per heavy atom. The van der Waals surface area contributed by atoms with Crippen molar-refractivity contribution in [3.05, 3.63) is 38.9 Å². The number of primary amides is 1. The second-order valence-electron chi connectivity index (χ2n) is 6.93. The van der Waals surface area contributed by atoms with Gasteiger partial charge in [0.15, 0.2) is 0 Å². The fraction of sp³-hybridized carbons (Fsp3) is 0.474. The van der Waals surface area contributed by atoms with Crippen LogP contribution in [0.25, 0.3) is 5.57 Å². The average Bonchev–Trinajstić information content (AvgIpc) is 3.23. The van der Waals surface area contributed by atoms with Gasteiger partial charge in [0.05, 0.1) is 18.0 Å². The lowest BCUT2D eigenvalue weighted by atomic mass is 9.82. The molecule has 4 rings (SSSR count). The van der Waals surface area contributed by atoms with Crippen molar-refractivity contribution in [3.63, 3.8) is 0 Å². The predicted octanol–water partition coefficient (Wildman–Crippen LogP) is 2.58. The SMILES string of the molecule is NC(=O)c1sc2c(c1N)=C(c1ccco1)[C@@H]1CCCCCCC[C@@H]1N=2. The third kappa shape index (κ3) is 2.88. The number of nitrogens with zero attached hydrogens (tertiary/aromatic N) is 1. The lowest BCUT2D eigenvalue weighted by molar-refractivity contribution is 0.100. The molecule has 0 saturated heterocycles. The maximum absolute atomic E-state index is 11.8. The monoisotopic (exact) mass is 357 g/mol. The third-order valence-electron chi connectivity index (χ3n) is 5.34. The lowest BCUT2D eigenvalue weighted by Crippen LogP contribution is -2.38. The van der Waals surface area contributed by atoms with Crippen LogP contribution in [0.2, 0.25) is 0 Å². The van der Waals surface area contributed by atoms with E-state index in [0.29, 0.717) is 10.6 Å². The predicted molar refractivity (Wildman–Crippen MR) is 98.8 cm³/mol. The molecule has 1 aliphatic heterocycles. The molecule has 1 fully saturated rings. The summed E-state index contributed by atoms with van der Waals surface area (Å²) in [6, 6.07) is 4.11. The molecule has 2 aliphatic rings. The maximum Gasteiger partial charge on any atom is 0.260 e. The van der Waals surface area contributed by atoms with E-state index in [1.807, 2.05) is 12.1 Å². The molecule has 1 saturated carbocycles. The number of fused-ring (bicyclic) bond motifs is 2. The number of amides is 1. The van der Waals surface area contributed by atoms with Crippen molar-refractivity contribution in [2.24, 2.45) is 16.6 Å². The highest BCUT2D eigenvalue weighted by atomic mass is 32.1. The fourth-order valence-electron chi connectivity index (χ4n) is 4.17. The Balaban J connectivity index is 1.98. The minimum absolute atomic E-state index is 0.226. The van der Waals surface area contributed by atoms with Gasteiger partial charge in [0.25, 0.3) is 5.91 Å². The van der Waals surface area contributed by atoms with E-state index in [0.717, 1.165) is 34.1 Å². The molecule has 25 heavy (non-hydrogen) atoms. The van der Waals surface area contributed by atoms with Crippen LogP contribution in [-0.2, 0) is 0 Å². The van der Waals surface area contributed by atoms with Gasteiger partial charge in [-0.05, 0) is 25.0 Å². The van der Waals surface area contributed by atoms with Gasteiger partial charge in [-0.1, -0.05) is 32.1 Å². The molecular weight excluding hydrogens is 334 g/mol. The molecule has 0 aromatic carbocycles. The Morgan fingerprint density at radius 1 is 1.20 bits per heavy atom. The normalized spacial score (nSPS) is 23.6. The molecule has 5 nitrogen and oxygen atoms in total. The molecule has 132 valence electrons. The number of rotatable bonds is 2. The smallest absolute Gasteiger partial charge is 0.260 e. The molecule has 0 radical (unpaired) electrons. The van der Waals surface area contributed by atoms with Crippen LogP contribution in [0.1, 0.15) is 60.4 Å². The second kappa shape index (κ2) is 6.67. The lowest BCUT2D eigenvalue weighted by Gasteiger charge is -2.27. The molecule has 1 amide bonds. The van der Waals surface area contributed by atoms with Gasteiger partial charge in [0.1, 0.15) is 15.3 Å². The van der Waals surface area contributed by atoms with E-state index in [9.17, 15) is 4.79 Å². The van der Waals surface area contributed by atoms with Crippen LogP contribution in [0.5, 0.6) is 0 Å². The van der Waals surface area contributed by atoms with Crippen LogP contribution >= 0.6 is 11.3 Å². The number of nitrogen functional groups attached to an aromatic ring is 1. The summed E-state index contributed by atoms with van der Waals surface area (Å²) >= 11 is 1.32. The van der Waals surface area contributed by atoms with Gasteiger partial charge >= 0.3 is 0 Å². The minimum Gasteiger partial charge on any atom is -0.465 e. The van der Waals surface area contributed by atoms with Gasteiger partial charge in [-0.3, -0.25) is 9.79 Å². The van der Waals surface area contributed by atoms with Crippen LogP contribution in [0.4, 0.5) is 5.69 Å². The van der Waals surface area contributed by atoms with Gasteiger partial charge in [-0.2, -0.15) is 0 Å². The van der Waals surface area contributed by atoms with E-state index >= 15 is 0 Å². The molecular formula is C19H23N3O2S. The van der Waals surface area contributed by atoms with E-state index in [-0.39, 0.29) is 12.0 Å². The highest BCUT2D eigenvalue weighted by molar-refractivity contribution is 7.12.